The van der Waals surface area contributed by atoms with Crippen LogP contribution in [0.15, 0.2) is 11.6 Å². The van der Waals surface area contributed by atoms with Crippen LogP contribution in [-0.4, -0.2) is 51.5 Å². The zero-order valence-electron chi connectivity index (χ0n) is 27.2. The van der Waals surface area contributed by atoms with Gasteiger partial charge in [0, 0.05) is 32.6 Å². The first-order valence-electron chi connectivity index (χ1n) is 17.4. The second-order valence-corrected chi connectivity index (χ2v) is 15.1. The number of ether oxygens (including phenoxy) is 1. The van der Waals surface area contributed by atoms with Gasteiger partial charge in [0.15, 0.2) is 0 Å². The normalized spacial score (nSPS) is 35.3. The van der Waals surface area contributed by atoms with E-state index < -0.39 is 0 Å². The lowest BCUT2D eigenvalue weighted by Crippen LogP contribution is -2.51. The number of alkyl carbamates (subject to hydrolysis) is 1. The van der Waals surface area contributed by atoms with Crippen LogP contribution in [0.1, 0.15) is 112 Å². The highest BCUT2D eigenvalue weighted by molar-refractivity contribution is 5.67. The van der Waals surface area contributed by atoms with E-state index >= 15 is 0 Å². The minimum atomic E-state index is -0.260. The molecule has 8 atom stereocenters. The van der Waals surface area contributed by atoms with E-state index in [1.807, 2.05) is 0 Å². The molecule has 0 heterocycles. The average molecular weight is 573 g/mol. The molecule has 0 spiro atoms. The van der Waals surface area contributed by atoms with E-state index in [9.17, 15) is 4.79 Å². The summed E-state index contributed by atoms with van der Waals surface area (Å²) in [5.74, 6) is 5.15. The van der Waals surface area contributed by atoms with E-state index in [4.69, 9.17) is 10.5 Å². The van der Waals surface area contributed by atoms with E-state index in [2.05, 4.69) is 56.6 Å². The number of nitrogens with two attached hydrogens (primary N) is 1. The van der Waals surface area contributed by atoms with Gasteiger partial charge in [0.1, 0.15) is 6.10 Å². The third-order valence-electron chi connectivity index (χ3n) is 12.1. The van der Waals surface area contributed by atoms with Gasteiger partial charge in [-0.15, -0.1) is 0 Å². The first-order valence-corrected chi connectivity index (χ1v) is 17.4. The van der Waals surface area contributed by atoms with Gasteiger partial charge in [-0.2, -0.15) is 0 Å². The van der Waals surface area contributed by atoms with Crippen molar-refractivity contribution >= 4 is 6.09 Å². The summed E-state index contributed by atoms with van der Waals surface area (Å²) in [5, 5.41) is 9.66. The summed E-state index contributed by atoms with van der Waals surface area (Å²) in [6.45, 7) is 17.4. The molecule has 0 radical (unpaired) electrons. The van der Waals surface area contributed by atoms with E-state index in [0.29, 0.717) is 17.4 Å². The molecule has 4 unspecified atom stereocenters. The van der Waals surface area contributed by atoms with Crippen molar-refractivity contribution in [1.29, 1.82) is 0 Å². The van der Waals surface area contributed by atoms with Crippen molar-refractivity contribution in [3.05, 3.63) is 11.6 Å². The topological polar surface area (TPSA) is 88.4 Å². The highest BCUT2D eigenvalue weighted by atomic mass is 16.6. The van der Waals surface area contributed by atoms with Gasteiger partial charge in [-0.05, 0) is 111 Å². The second kappa shape index (κ2) is 15.1. The Morgan fingerprint density at radius 1 is 0.951 bits per heavy atom. The Hall–Kier alpha value is -1.11. The molecule has 0 aromatic carbocycles. The van der Waals surface area contributed by atoms with Crippen molar-refractivity contribution in [1.82, 2.24) is 16.0 Å². The Bertz CT molecular complexity index is 861. The molecule has 0 aromatic rings. The largest absolute Gasteiger partial charge is 0.446 e. The highest BCUT2D eigenvalue weighted by Gasteiger charge is 2.59. The van der Waals surface area contributed by atoms with Gasteiger partial charge in [-0.1, -0.05) is 65.5 Å². The number of carbonyl (C=O) groups is 1. The molecule has 6 nitrogen and oxygen atoms in total. The number of amides is 1. The van der Waals surface area contributed by atoms with Crippen LogP contribution in [0, 0.1) is 46.3 Å². The van der Waals surface area contributed by atoms with Crippen molar-refractivity contribution in [2.45, 2.75) is 118 Å². The molecule has 4 aliphatic rings. The van der Waals surface area contributed by atoms with E-state index in [0.717, 1.165) is 93.9 Å². The summed E-state index contributed by atoms with van der Waals surface area (Å²) in [5.41, 5.74) is 7.93. The Morgan fingerprint density at radius 3 is 2.46 bits per heavy atom. The van der Waals surface area contributed by atoms with Crippen LogP contribution in [-0.2, 0) is 4.74 Å². The first-order chi connectivity index (χ1) is 19.7. The fourth-order valence-corrected chi connectivity index (χ4v) is 9.85. The molecular formula is C35H64N4O2. The van der Waals surface area contributed by atoms with Crippen molar-refractivity contribution in [2.75, 3.05) is 39.3 Å². The Balaban J connectivity index is 1.24. The Morgan fingerprint density at radius 2 is 1.71 bits per heavy atom. The lowest BCUT2D eigenvalue weighted by Gasteiger charge is -2.58. The fraction of sp³-hybridized carbons (Fsp3) is 0.914. The molecule has 3 saturated carbocycles. The first kappa shape index (κ1) is 32.8. The number of fused-ring (bicyclic) bond motifs is 5. The molecule has 1 amide bonds. The average Bonchev–Trinajstić information content (AvgIpc) is 3.29. The van der Waals surface area contributed by atoms with Crippen LogP contribution in [0.25, 0.3) is 0 Å². The van der Waals surface area contributed by atoms with Crippen LogP contribution in [0.3, 0.4) is 0 Å². The van der Waals surface area contributed by atoms with Crippen molar-refractivity contribution in [3.63, 3.8) is 0 Å². The number of rotatable bonds is 15. The fourth-order valence-electron chi connectivity index (χ4n) is 9.85. The molecule has 4 aliphatic carbocycles. The molecule has 0 saturated heterocycles. The van der Waals surface area contributed by atoms with Crippen LogP contribution < -0.4 is 21.7 Å². The summed E-state index contributed by atoms with van der Waals surface area (Å²) in [4.78, 5) is 12.5. The minimum Gasteiger partial charge on any atom is -0.446 e. The van der Waals surface area contributed by atoms with E-state index in [-0.39, 0.29) is 12.2 Å². The van der Waals surface area contributed by atoms with E-state index in [1.165, 1.54) is 51.4 Å². The Kier molecular flexibility index (Phi) is 12.0. The maximum atomic E-state index is 12.5. The summed E-state index contributed by atoms with van der Waals surface area (Å²) in [7, 11) is 0. The zero-order chi connectivity index (χ0) is 29.5. The lowest BCUT2D eigenvalue weighted by molar-refractivity contribution is -0.0581. The third-order valence-corrected chi connectivity index (χ3v) is 12.1. The number of allylic oxidation sites excluding steroid dienone is 1. The molecule has 0 aliphatic heterocycles. The van der Waals surface area contributed by atoms with Gasteiger partial charge in [0.25, 0.3) is 0 Å². The van der Waals surface area contributed by atoms with Crippen LogP contribution in [0.4, 0.5) is 4.79 Å². The Labute approximate surface area is 252 Å². The lowest BCUT2D eigenvalue weighted by atomic mass is 9.47. The second-order valence-electron chi connectivity index (χ2n) is 15.1. The van der Waals surface area contributed by atoms with Crippen LogP contribution >= 0.6 is 0 Å². The standard InChI is InChI=1S/C35H64N4O2/c1-25(2)8-6-9-26(3)30-12-13-31-29-11-10-27-24-28(14-16-34(27,4)32(29)15-17-35(30,31)5)41-33(40)39-23-22-38-21-20-37-19-7-18-36/h10,25-26,28-32,37-38H,6-9,11-24,36H2,1-5H3,(H,39,40)/t26-,28?,29?,30-,31?,32?,34+,35-/m1/s1. The van der Waals surface area contributed by atoms with E-state index in [1.54, 1.807) is 5.57 Å². The monoisotopic (exact) mass is 573 g/mol. The predicted molar refractivity (Wildman–Crippen MR) is 171 cm³/mol. The molecule has 5 N–H and O–H groups in total. The number of carbonyl (C=O) groups excluding carboxylic acids is 1. The molecule has 236 valence electrons. The quantitative estimate of drug-likeness (QED) is 0.130. The van der Waals surface area contributed by atoms with Gasteiger partial charge < -0.3 is 26.4 Å². The third kappa shape index (κ3) is 7.89. The van der Waals surface area contributed by atoms with Crippen molar-refractivity contribution in [3.8, 4) is 0 Å². The summed E-state index contributed by atoms with van der Waals surface area (Å²) >= 11 is 0. The maximum Gasteiger partial charge on any atom is 0.407 e. The molecular weight excluding hydrogens is 508 g/mol. The van der Waals surface area contributed by atoms with Crippen LogP contribution in [0.2, 0.25) is 0 Å². The molecule has 6 heteroatoms. The summed E-state index contributed by atoms with van der Waals surface area (Å²) < 4.78 is 5.92. The minimum absolute atomic E-state index is 0.0157. The van der Waals surface area contributed by atoms with Gasteiger partial charge in [0.2, 0.25) is 0 Å². The number of hydrogen-bond acceptors (Lipinski definition) is 5. The predicted octanol–water partition coefficient (Wildman–Crippen LogP) is 6.65. The van der Waals surface area contributed by atoms with Gasteiger partial charge in [0.05, 0.1) is 0 Å². The molecule has 41 heavy (non-hydrogen) atoms. The smallest absolute Gasteiger partial charge is 0.407 e. The number of nitrogens with one attached hydrogen (secondary N) is 3. The number of hydrogen-bond donors (Lipinski definition) is 4. The molecule has 0 bridgehead atoms. The van der Waals surface area contributed by atoms with Gasteiger partial charge in [-0.3, -0.25) is 0 Å². The summed E-state index contributed by atoms with van der Waals surface area (Å²) in [6.07, 6.45) is 17.6. The van der Waals surface area contributed by atoms with Crippen LogP contribution in [0.5, 0.6) is 0 Å². The molecule has 3 fully saturated rings. The van der Waals surface area contributed by atoms with Crippen molar-refractivity contribution < 1.29 is 9.53 Å². The highest BCUT2D eigenvalue weighted by Crippen LogP contribution is 2.67. The van der Waals surface area contributed by atoms with Crippen molar-refractivity contribution in [2.24, 2.45) is 52.1 Å². The SMILES string of the molecule is CC(C)CCC[C@@H](C)[C@H]1CCC2C3CC=C4CC(OC(=O)NCCNCCNCCCN)CC[C@]4(C)C3CC[C@@]21C. The van der Waals surface area contributed by atoms with Gasteiger partial charge in [-0.25, -0.2) is 4.79 Å². The maximum absolute atomic E-state index is 12.5. The summed E-state index contributed by atoms with van der Waals surface area (Å²) in [6, 6.07) is 0. The molecule has 0 aromatic heterocycles. The van der Waals surface area contributed by atoms with Gasteiger partial charge >= 0.3 is 6.09 Å². The zero-order valence-corrected chi connectivity index (χ0v) is 27.2. The molecule has 4 rings (SSSR count).